The van der Waals surface area contributed by atoms with Crippen molar-refractivity contribution in [2.24, 2.45) is 13.0 Å². The first-order valence-electron chi connectivity index (χ1n) is 10.3. The zero-order chi connectivity index (χ0) is 22.8. The third-order valence-corrected chi connectivity index (χ3v) is 6.03. The Kier molecular flexibility index (Phi) is 4.53. The van der Waals surface area contributed by atoms with Crippen molar-refractivity contribution >= 4 is 16.8 Å². The molecule has 0 unspecified atom stereocenters. The van der Waals surface area contributed by atoms with Crippen LogP contribution in [0.1, 0.15) is 30.4 Å². The van der Waals surface area contributed by atoms with Gasteiger partial charge in [0.05, 0.1) is 29.8 Å². The van der Waals surface area contributed by atoms with Crippen molar-refractivity contribution in [2.75, 3.05) is 13.1 Å². The highest BCUT2D eigenvalue weighted by molar-refractivity contribution is 5.88. The van der Waals surface area contributed by atoms with Gasteiger partial charge in [0.25, 0.3) is 0 Å². The predicted molar refractivity (Wildman–Crippen MR) is 110 cm³/mol. The molecular weight excluding hydrogens is 423 g/mol. The number of β-amino-alcohol motifs (C(OH)–C–C–N with tert-alkyl or cyclic N) is 1. The van der Waals surface area contributed by atoms with Crippen LogP contribution in [0.2, 0.25) is 0 Å². The molecule has 2 fully saturated rings. The van der Waals surface area contributed by atoms with Crippen LogP contribution in [0.3, 0.4) is 0 Å². The summed E-state index contributed by atoms with van der Waals surface area (Å²) in [6.07, 6.45) is -1.88. The van der Waals surface area contributed by atoms with Crippen molar-refractivity contribution in [1.29, 1.82) is 0 Å². The molecule has 1 aliphatic heterocycles. The highest BCUT2D eigenvalue weighted by Gasteiger charge is 2.51. The lowest BCUT2D eigenvalue weighted by atomic mass is 9.96. The van der Waals surface area contributed by atoms with E-state index in [0.717, 1.165) is 28.6 Å². The minimum Gasteiger partial charge on any atom is -0.457 e. The predicted octanol–water partition coefficient (Wildman–Crippen LogP) is 4.08. The normalized spacial score (nSPS) is 22.0. The van der Waals surface area contributed by atoms with Gasteiger partial charge < -0.3 is 14.7 Å². The number of nitrogens with zero attached hydrogens (tertiary/aromatic N) is 3. The van der Waals surface area contributed by atoms with E-state index in [9.17, 15) is 23.1 Å². The van der Waals surface area contributed by atoms with E-state index in [0.29, 0.717) is 31.0 Å². The number of carbonyl (C=O) groups is 1. The van der Waals surface area contributed by atoms with Crippen LogP contribution >= 0.6 is 0 Å². The van der Waals surface area contributed by atoms with Crippen LogP contribution in [-0.2, 0) is 18.0 Å². The number of rotatable bonds is 4. The fraction of sp³-hybridized carbons (Fsp3) is 0.391. The van der Waals surface area contributed by atoms with Gasteiger partial charge in [-0.3, -0.25) is 9.48 Å². The zero-order valence-corrected chi connectivity index (χ0v) is 17.6. The number of benzene rings is 2. The zero-order valence-electron chi connectivity index (χ0n) is 17.6. The van der Waals surface area contributed by atoms with E-state index in [1.54, 1.807) is 29.6 Å². The molecular formula is C23H22F3N3O3. The summed E-state index contributed by atoms with van der Waals surface area (Å²) >= 11 is 0. The largest absolute Gasteiger partial charge is 0.457 e. The standard InChI is InChI=1S/C23H22F3N3O3/c1-22(31)11-29(12-22)21(30)19-9-17(19)18-8-16(7-13-10-28(2)27-20(13)18)32-15-5-3-14(4-6-15)23(24,25)26/h3-8,10,17,19,31H,9,11-12H2,1-2H3/t17-,19+/m0/s1. The molecule has 0 radical (unpaired) electrons. The second kappa shape index (κ2) is 6.96. The molecule has 6 nitrogen and oxygen atoms in total. The lowest BCUT2D eigenvalue weighted by Crippen LogP contribution is -2.62. The monoisotopic (exact) mass is 445 g/mol. The van der Waals surface area contributed by atoms with Crippen LogP contribution < -0.4 is 4.74 Å². The van der Waals surface area contributed by atoms with Gasteiger partial charge in [0.1, 0.15) is 11.5 Å². The molecule has 2 aromatic carbocycles. The van der Waals surface area contributed by atoms with Crippen molar-refractivity contribution in [3.63, 3.8) is 0 Å². The van der Waals surface area contributed by atoms with Crippen LogP contribution in [0.5, 0.6) is 11.5 Å². The van der Waals surface area contributed by atoms with E-state index >= 15 is 0 Å². The van der Waals surface area contributed by atoms with Gasteiger partial charge in [-0.05, 0) is 61.2 Å². The van der Waals surface area contributed by atoms with Crippen LogP contribution in [0.15, 0.2) is 42.6 Å². The average Bonchev–Trinajstić information content (AvgIpc) is 3.39. The Morgan fingerprint density at radius 1 is 1.19 bits per heavy atom. The molecule has 0 bridgehead atoms. The lowest BCUT2D eigenvalue weighted by molar-refractivity contribution is -0.153. The number of hydrogen-bond acceptors (Lipinski definition) is 4. The number of fused-ring (bicyclic) bond motifs is 1. The summed E-state index contributed by atoms with van der Waals surface area (Å²) in [5.41, 5.74) is 0.111. The first-order chi connectivity index (χ1) is 15.0. The Morgan fingerprint density at radius 3 is 2.50 bits per heavy atom. The SMILES string of the molecule is Cn1cc2cc(Oc3ccc(C(F)(F)F)cc3)cc([C@@H]3C[C@H]3C(=O)N3CC(C)(O)C3)c2n1. The van der Waals surface area contributed by atoms with Gasteiger partial charge in [-0.1, -0.05) is 0 Å². The summed E-state index contributed by atoms with van der Waals surface area (Å²) in [5, 5.41) is 15.3. The van der Waals surface area contributed by atoms with E-state index in [2.05, 4.69) is 5.10 Å². The molecule has 2 atom stereocenters. The summed E-state index contributed by atoms with van der Waals surface area (Å²) < 4.78 is 46.0. The molecule has 2 aliphatic rings. The van der Waals surface area contributed by atoms with E-state index in [-0.39, 0.29) is 17.7 Å². The molecule has 32 heavy (non-hydrogen) atoms. The molecule has 168 valence electrons. The van der Waals surface area contributed by atoms with Crippen LogP contribution in [-0.4, -0.2) is 44.4 Å². The third kappa shape index (κ3) is 3.81. The lowest BCUT2D eigenvalue weighted by Gasteiger charge is -2.44. The molecule has 1 saturated heterocycles. The van der Waals surface area contributed by atoms with Crippen LogP contribution in [0, 0.1) is 5.92 Å². The van der Waals surface area contributed by atoms with Crippen molar-refractivity contribution < 1.29 is 27.8 Å². The van der Waals surface area contributed by atoms with Gasteiger partial charge in [0.15, 0.2) is 0 Å². The number of likely N-dealkylation sites (tertiary alicyclic amines) is 1. The summed E-state index contributed by atoms with van der Waals surface area (Å²) in [5.74, 6) is 0.613. The van der Waals surface area contributed by atoms with Crippen molar-refractivity contribution in [3.05, 3.63) is 53.7 Å². The topological polar surface area (TPSA) is 67.6 Å². The van der Waals surface area contributed by atoms with Crippen molar-refractivity contribution in [2.45, 2.75) is 31.0 Å². The maximum atomic E-state index is 12.8. The highest BCUT2D eigenvalue weighted by Crippen LogP contribution is 2.52. The third-order valence-electron chi connectivity index (χ3n) is 6.03. The minimum absolute atomic E-state index is 0.0124. The summed E-state index contributed by atoms with van der Waals surface area (Å²) in [7, 11) is 1.80. The molecule has 2 heterocycles. The smallest absolute Gasteiger partial charge is 0.416 e. The van der Waals surface area contributed by atoms with Gasteiger partial charge in [-0.2, -0.15) is 18.3 Å². The van der Waals surface area contributed by atoms with Crippen molar-refractivity contribution in [3.8, 4) is 11.5 Å². The molecule has 1 aromatic heterocycles. The van der Waals surface area contributed by atoms with Gasteiger partial charge in [0, 0.05) is 24.5 Å². The Balaban J connectivity index is 1.40. The second-order valence-corrected chi connectivity index (χ2v) is 9.02. The molecule has 0 spiro atoms. The Labute approximate surface area is 182 Å². The molecule has 9 heteroatoms. The highest BCUT2D eigenvalue weighted by atomic mass is 19.4. The number of alkyl halides is 3. The van der Waals surface area contributed by atoms with E-state index in [4.69, 9.17) is 4.74 Å². The molecule has 5 rings (SSSR count). The van der Waals surface area contributed by atoms with E-state index in [1.165, 1.54) is 12.1 Å². The second-order valence-electron chi connectivity index (χ2n) is 9.02. The number of aliphatic hydroxyl groups is 1. The summed E-state index contributed by atoms with van der Waals surface area (Å²) in [4.78, 5) is 14.4. The molecule has 1 aliphatic carbocycles. The fourth-order valence-electron chi connectivity index (χ4n) is 4.42. The number of halogens is 3. The average molecular weight is 445 g/mol. The molecule has 3 aromatic rings. The Hall–Kier alpha value is -3.07. The number of carbonyl (C=O) groups excluding carboxylic acids is 1. The number of aromatic nitrogens is 2. The summed E-state index contributed by atoms with van der Waals surface area (Å²) in [6.45, 7) is 2.39. The molecule has 1 saturated carbocycles. The Bertz CT molecular complexity index is 1190. The number of aryl methyl sites for hydroxylation is 1. The Morgan fingerprint density at radius 2 is 1.88 bits per heavy atom. The molecule has 1 N–H and O–H groups in total. The minimum atomic E-state index is -4.40. The summed E-state index contributed by atoms with van der Waals surface area (Å²) in [6, 6.07) is 8.14. The number of amides is 1. The maximum Gasteiger partial charge on any atom is 0.416 e. The van der Waals surface area contributed by atoms with E-state index in [1.807, 2.05) is 12.3 Å². The quantitative estimate of drug-likeness (QED) is 0.657. The first kappa shape index (κ1) is 20.8. The van der Waals surface area contributed by atoms with Gasteiger partial charge >= 0.3 is 6.18 Å². The van der Waals surface area contributed by atoms with Gasteiger partial charge in [-0.25, -0.2) is 0 Å². The van der Waals surface area contributed by atoms with Crippen molar-refractivity contribution in [1.82, 2.24) is 14.7 Å². The van der Waals surface area contributed by atoms with Gasteiger partial charge in [-0.15, -0.1) is 0 Å². The van der Waals surface area contributed by atoms with E-state index < -0.39 is 17.3 Å². The van der Waals surface area contributed by atoms with Crippen LogP contribution in [0.25, 0.3) is 10.9 Å². The van der Waals surface area contributed by atoms with Crippen LogP contribution in [0.4, 0.5) is 13.2 Å². The maximum absolute atomic E-state index is 12.8. The van der Waals surface area contributed by atoms with Gasteiger partial charge in [0.2, 0.25) is 5.91 Å². The number of ether oxygens (including phenoxy) is 1. The fourth-order valence-corrected chi connectivity index (χ4v) is 4.42. The first-order valence-corrected chi connectivity index (χ1v) is 10.3. The number of hydrogen-bond donors (Lipinski definition) is 1. The molecule has 1 amide bonds.